The predicted molar refractivity (Wildman–Crippen MR) is 328 cm³/mol. The Labute approximate surface area is 453 Å². The number of hydrogen-bond donors (Lipinski definition) is 0. The number of allylic oxidation sites excluding steroid dienone is 5. The molecule has 1 atom stereocenters. The molecule has 2 nitrogen and oxygen atoms in total. The van der Waals surface area contributed by atoms with Gasteiger partial charge in [0.2, 0.25) is 0 Å². The molecule has 15 rings (SSSR count). The highest BCUT2D eigenvalue weighted by Crippen LogP contribution is 2.62. The summed E-state index contributed by atoms with van der Waals surface area (Å²) in [5.74, 6) is 0. The van der Waals surface area contributed by atoms with E-state index in [9.17, 15) is 0 Å². The standard InChI is InChI=1S/C74H50N2S/c1-49-23-5-4-20-46-74(65-38-17-14-36-64(65)71-66(74)45-44-63-61-35-16-19-41-70(61)77-73(63)71)67-48-54(42-43-59(67)56-31-11-10-30-55(49)56)75(53-29-21-26-51(47-53)50-24-6-2-7-25-50)69-40-22-37-62-58-33-13-12-32-57(58)60-34-15-18-39-68(60)76(72(62)69)52-27-8-3-9-28-52/h2-45,47-48H,1,46H2/b20-4-,23-5-. The fourth-order valence-electron chi connectivity index (χ4n) is 13.0. The zero-order chi connectivity index (χ0) is 51.0. The van der Waals surface area contributed by atoms with Crippen molar-refractivity contribution >= 4 is 71.2 Å². The van der Waals surface area contributed by atoms with Crippen LogP contribution in [0.5, 0.6) is 0 Å². The van der Waals surface area contributed by atoms with Gasteiger partial charge >= 0.3 is 0 Å². The molecule has 1 aromatic heterocycles. The third-order valence-corrected chi connectivity index (χ3v) is 17.5. The highest BCUT2D eigenvalue weighted by atomic mass is 32.1. The minimum Gasteiger partial charge on any atom is -0.308 e. The predicted octanol–water partition coefficient (Wildman–Crippen LogP) is 20.8. The summed E-state index contributed by atoms with van der Waals surface area (Å²) in [6.45, 7) is 4.69. The van der Waals surface area contributed by atoms with Crippen LogP contribution in [0.15, 0.2) is 286 Å². The SMILES string of the molecule is C=C1/C=C\C=C/CC2(c3cc(N(c4cccc(-c5ccccc5)c4)c4cccc5c4N(c4ccccc4)c4ccccc4-c4ccccc4-5)ccc3-c3ccccc31)c1ccccc1-c1c2ccc2c1sc1ccccc12. The van der Waals surface area contributed by atoms with E-state index in [0.717, 1.165) is 68.4 Å². The van der Waals surface area contributed by atoms with E-state index in [1.807, 2.05) is 11.3 Å². The molecule has 0 amide bonds. The molecule has 0 N–H and O–H groups in total. The molecule has 362 valence electrons. The minimum absolute atomic E-state index is 0.607. The van der Waals surface area contributed by atoms with Crippen LogP contribution in [0.25, 0.3) is 81.4 Å². The first-order valence-corrected chi connectivity index (χ1v) is 27.4. The summed E-state index contributed by atoms with van der Waals surface area (Å²) in [5.41, 5.74) is 23.9. The average molecular weight is 999 g/mol. The smallest absolute Gasteiger partial charge is 0.0781 e. The molecular weight excluding hydrogens is 949 g/mol. The highest BCUT2D eigenvalue weighted by molar-refractivity contribution is 7.26. The van der Waals surface area contributed by atoms with E-state index in [4.69, 9.17) is 0 Å². The van der Waals surface area contributed by atoms with Gasteiger partial charge in [-0.25, -0.2) is 0 Å². The van der Waals surface area contributed by atoms with E-state index >= 15 is 0 Å². The Morgan fingerprint density at radius 3 is 1.90 bits per heavy atom. The molecule has 0 bridgehead atoms. The van der Waals surface area contributed by atoms with Gasteiger partial charge in [-0.15, -0.1) is 11.3 Å². The van der Waals surface area contributed by atoms with Crippen molar-refractivity contribution in [2.24, 2.45) is 0 Å². The summed E-state index contributed by atoms with van der Waals surface area (Å²) < 4.78 is 2.65. The Morgan fingerprint density at radius 2 is 1.06 bits per heavy atom. The quantitative estimate of drug-likeness (QED) is 0.170. The number of anilines is 6. The lowest BCUT2D eigenvalue weighted by molar-refractivity contribution is 0.647. The van der Waals surface area contributed by atoms with Crippen molar-refractivity contribution in [2.45, 2.75) is 11.8 Å². The van der Waals surface area contributed by atoms with Gasteiger partial charge in [-0.3, -0.25) is 0 Å². The van der Waals surface area contributed by atoms with Crippen molar-refractivity contribution in [2.75, 3.05) is 9.80 Å². The number of thiophene rings is 1. The van der Waals surface area contributed by atoms with E-state index in [1.54, 1.807) is 0 Å². The summed E-state index contributed by atoms with van der Waals surface area (Å²) in [6, 6.07) is 94.7. The van der Waals surface area contributed by atoms with Crippen LogP contribution in [0.1, 0.15) is 28.7 Å². The third kappa shape index (κ3) is 7.01. The Bertz CT molecular complexity index is 4410. The van der Waals surface area contributed by atoms with Crippen LogP contribution in [0.2, 0.25) is 0 Å². The molecule has 0 saturated heterocycles. The number of fused-ring (bicyclic) bond motifs is 18. The molecule has 0 fully saturated rings. The van der Waals surface area contributed by atoms with Gasteiger partial charge in [-0.05, 0) is 128 Å². The van der Waals surface area contributed by atoms with E-state index in [2.05, 4.69) is 295 Å². The Hall–Kier alpha value is -9.54. The molecule has 0 radical (unpaired) electrons. The second-order valence-electron chi connectivity index (χ2n) is 20.4. The van der Waals surface area contributed by atoms with Crippen molar-refractivity contribution in [1.29, 1.82) is 0 Å². The first-order valence-electron chi connectivity index (χ1n) is 26.6. The molecule has 1 spiro atoms. The first-order chi connectivity index (χ1) is 38.1. The van der Waals surface area contributed by atoms with E-state index in [0.29, 0.717) is 0 Å². The summed E-state index contributed by atoms with van der Waals surface area (Å²) in [7, 11) is 0. The second-order valence-corrected chi connectivity index (χ2v) is 21.4. The van der Waals surface area contributed by atoms with E-state index < -0.39 is 5.41 Å². The highest BCUT2D eigenvalue weighted by Gasteiger charge is 2.47. The minimum atomic E-state index is -0.607. The number of rotatable bonds is 5. The Balaban J connectivity index is 1.08. The van der Waals surface area contributed by atoms with E-state index in [1.165, 1.54) is 75.8 Å². The Kier molecular flexibility index (Phi) is 10.6. The molecule has 12 aromatic rings. The molecule has 3 heteroatoms. The zero-order valence-corrected chi connectivity index (χ0v) is 43.1. The van der Waals surface area contributed by atoms with Crippen LogP contribution in [-0.2, 0) is 5.41 Å². The van der Waals surface area contributed by atoms with Gasteiger partial charge in [0, 0.05) is 53.9 Å². The van der Waals surface area contributed by atoms with Gasteiger partial charge in [-0.2, -0.15) is 0 Å². The molecule has 3 aliphatic rings. The van der Waals surface area contributed by atoms with Crippen molar-refractivity contribution < 1.29 is 0 Å². The second kappa shape index (κ2) is 18.1. The van der Waals surface area contributed by atoms with Gasteiger partial charge in [0.1, 0.15) is 0 Å². The maximum absolute atomic E-state index is 4.69. The maximum Gasteiger partial charge on any atom is 0.0781 e. The van der Waals surface area contributed by atoms with Gasteiger partial charge in [0.25, 0.3) is 0 Å². The van der Waals surface area contributed by atoms with Crippen LogP contribution < -0.4 is 9.80 Å². The first kappa shape index (κ1) is 44.9. The molecule has 1 unspecified atom stereocenters. The normalized spacial score (nSPS) is 15.7. The van der Waals surface area contributed by atoms with Crippen molar-refractivity contribution in [1.82, 2.24) is 0 Å². The number of hydrogen-bond acceptors (Lipinski definition) is 3. The number of nitrogens with zero attached hydrogens (tertiary/aromatic N) is 2. The Morgan fingerprint density at radius 1 is 0.429 bits per heavy atom. The summed E-state index contributed by atoms with van der Waals surface area (Å²) >= 11 is 1.92. The zero-order valence-electron chi connectivity index (χ0n) is 42.3. The maximum atomic E-state index is 4.69. The van der Waals surface area contributed by atoms with Crippen molar-refractivity contribution in [3.63, 3.8) is 0 Å². The average Bonchev–Trinajstić information content (AvgIpc) is 4.10. The van der Waals surface area contributed by atoms with Gasteiger partial charge < -0.3 is 9.80 Å². The molecule has 0 saturated carbocycles. The largest absolute Gasteiger partial charge is 0.308 e. The molecular formula is C74H50N2S. The summed E-state index contributed by atoms with van der Waals surface area (Å²) in [5, 5.41) is 2.61. The third-order valence-electron chi connectivity index (χ3n) is 16.3. The lowest BCUT2D eigenvalue weighted by Crippen LogP contribution is -2.28. The molecule has 2 heterocycles. The van der Waals surface area contributed by atoms with Crippen molar-refractivity contribution in [3.05, 3.63) is 308 Å². The van der Waals surface area contributed by atoms with Crippen LogP contribution in [0.3, 0.4) is 0 Å². The lowest BCUT2D eigenvalue weighted by atomic mass is 9.67. The van der Waals surface area contributed by atoms with Crippen LogP contribution in [0, 0.1) is 0 Å². The van der Waals surface area contributed by atoms with Gasteiger partial charge in [0.15, 0.2) is 0 Å². The topological polar surface area (TPSA) is 6.48 Å². The fourth-order valence-corrected chi connectivity index (χ4v) is 14.2. The summed E-state index contributed by atoms with van der Waals surface area (Å²) in [6.07, 6.45) is 9.69. The molecule has 1 aliphatic heterocycles. The lowest BCUT2D eigenvalue weighted by Gasteiger charge is -2.37. The molecule has 2 aliphatic carbocycles. The van der Waals surface area contributed by atoms with Gasteiger partial charge in [-0.1, -0.05) is 231 Å². The molecule has 77 heavy (non-hydrogen) atoms. The van der Waals surface area contributed by atoms with Crippen LogP contribution in [0.4, 0.5) is 34.1 Å². The summed E-state index contributed by atoms with van der Waals surface area (Å²) in [4.78, 5) is 5.04. The van der Waals surface area contributed by atoms with E-state index in [-0.39, 0.29) is 0 Å². The van der Waals surface area contributed by atoms with Crippen LogP contribution >= 0.6 is 11.3 Å². The van der Waals surface area contributed by atoms with Crippen molar-refractivity contribution in [3.8, 4) is 55.6 Å². The van der Waals surface area contributed by atoms with Crippen LogP contribution in [-0.4, -0.2) is 0 Å². The fraction of sp³-hybridized carbons (Fsp3) is 0.0270. The monoisotopic (exact) mass is 998 g/mol. The number of benzene rings is 11. The van der Waals surface area contributed by atoms with Gasteiger partial charge in [0.05, 0.1) is 22.5 Å². The number of para-hydroxylation sites is 3. The molecule has 11 aromatic carbocycles.